The van der Waals surface area contributed by atoms with Crippen molar-refractivity contribution in [2.45, 2.75) is 33.6 Å². The van der Waals surface area contributed by atoms with E-state index in [4.69, 9.17) is 4.74 Å². The van der Waals surface area contributed by atoms with Gasteiger partial charge in [-0.25, -0.2) is 0 Å². The van der Waals surface area contributed by atoms with Crippen molar-refractivity contribution in [1.29, 1.82) is 0 Å². The lowest BCUT2D eigenvalue weighted by atomic mass is 9.86. The molecule has 0 saturated heterocycles. The SMILES string of the molecule is CC(C)C1=CCOc2cccc(C(C)C)c21. The molecule has 0 aliphatic carbocycles. The van der Waals surface area contributed by atoms with Crippen LogP contribution in [0.25, 0.3) is 5.57 Å². The number of allylic oxidation sites excluding steroid dienone is 1. The van der Waals surface area contributed by atoms with Gasteiger partial charge in [0, 0.05) is 5.56 Å². The van der Waals surface area contributed by atoms with E-state index in [1.54, 1.807) is 0 Å². The molecule has 2 rings (SSSR count). The topological polar surface area (TPSA) is 9.23 Å². The summed E-state index contributed by atoms with van der Waals surface area (Å²) in [5, 5.41) is 0. The van der Waals surface area contributed by atoms with Crippen LogP contribution >= 0.6 is 0 Å². The number of hydrogen-bond donors (Lipinski definition) is 0. The molecule has 1 aromatic rings. The van der Waals surface area contributed by atoms with Gasteiger partial charge >= 0.3 is 0 Å². The third kappa shape index (κ3) is 1.87. The summed E-state index contributed by atoms with van der Waals surface area (Å²) < 4.78 is 5.72. The van der Waals surface area contributed by atoms with Crippen LogP contribution in [-0.2, 0) is 0 Å². The second-order valence-electron chi connectivity index (χ2n) is 5.00. The van der Waals surface area contributed by atoms with E-state index in [1.165, 1.54) is 16.7 Å². The third-order valence-corrected chi connectivity index (χ3v) is 3.13. The Balaban J connectivity index is 2.59. The Morgan fingerprint density at radius 2 is 1.81 bits per heavy atom. The van der Waals surface area contributed by atoms with E-state index in [0.29, 0.717) is 18.4 Å². The van der Waals surface area contributed by atoms with Crippen LogP contribution in [-0.4, -0.2) is 6.61 Å². The first-order chi connectivity index (χ1) is 7.61. The highest BCUT2D eigenvalue weighted by Gasteiger charge is 2.20. The van der Waals surface area contributed by atoms with E-state index >= 15 is 0 Å². The van der Waals surface area contributed by atoms with Crippen molar-refractivity contribution in [3.8, 4) is 5.75 Å². The predicted octanol–water partition coefficient (Wildman–Crippen LogP) is 4.24. The average Bonchev–Trinajstić information content (AvgIpc) is 2.27. The highest BCUT2D eigenvalue weighted by atomic mass is 16.5. The summed E-state index contributed by atoms with van der Waals surface area (Å²) in [4.78, 5) is 0. The van der Waals surface area contributed by atoms with Crippen molar-refractivity contribution in [3.05, 3.63) is 35.4 Å². The van der Waals surface area contributed by atoms with Crippen LogP contribution in [0, 0.1) is 5.92 Å². The van der Waals surface area contributed by atoms with Gasteiger partial charge in [-0.3, -0.25) is 0 Å². The van der Waals surface area contributed by atoms with Gasteiger partial charge in [0.05, 0.1) is 0 Å². The van der Waals surface area contributed by atoms with Crippen molar-refractivity contribution < 1.29 is 4.74 Å². The standard InChI is InChI=1S/C15H20O/c1-10(2)12-6-5-7-14-15(12)13(11(3)4)8-9-16-14/h5-8,10-11H,9H2,1-4H3. The van der Waals surface area contributed by atoms with E-state index < -0.39 is 0 Å². The lowest BCUT2D eigenvalue weighted by Gasteiger charge is -2.25. The number of ether oxygens (including phenoxy) is 1. The smallest absolute Gasteiger partial charge is 0.127 e. The fraction of sp³-hybridized carbons (Fsp3) is 0.467. The zero-order chi connectivity index (χ0) is 11.7. The molecule has 0 atom stereocenters. The molecule has 0 amide bonds. The summed E-state index contributed by atoms with van der Waals surface area (Å²) in [6.07, 6.45) is 2.22. The van der Waals surface area contributed by atoms with E-state index in [2.05, 4.69) is 52.0 Å². The first-order valence-electron chi connectivity index (χ1n) is 6.07. The van der Waals surface area contributed by atoms with Gasteiger partial charge in [-0.1, -0.05) is 39.8 Å². The van der Waals surface area contributed by atoms with E-state index in [9.17, 15) is 0 Å². The zero-order valence-corrected chi connectivity index (χ0v) is 10.6. The Morgan fingerprint density at radius 3 is 2.44 bits per heavy atom. The Kier molecular flexibility index (Phi) is 3.04. The van der Waals surface area contributed by atoms with Gasteiger partial charge in [-0.05, 0) is 35.1 Å². The van der Waals surface area contributed by atoms with Crippen molar-refractivity contribution in [1.82, 2.24) is 0 Å². The summed E-state index contributed by atoms with van der Waals surface area (Å²) in [6.45, 7) is 9.68. The van der Waals surface area contributed by atoms with Crippen molar-refractivity contribution >= 4 is 5.57 Å². The summed E-state index contributed by atoms with van der Waals surface area (Å²) in [5.74, 6) is 2.15. The monoisotopic (exact) mass is 216 g/mol. The maximum Gasteiger partial charge on any atom is 0.127 e. The van der Waals surface area contributed by atoms with Gasteiger partial charge in [-0.15, -0.1) is 0 Å². The fourth-order valence-electron chi connectivity index (χ4n) is 2.31. The summed E-state index contributed by atoms with van der Waals surface area (Å²) in [5.41, 5.74) is 4.17. The van der Waals surface area contributed by atoms with Gasteiger partial charge in [0.25, 0.3) is 0 Å². The molecule has 0 fully saturated rings. The molecule has 1 nitrogen and oxygen atoms in total. The molecule has 0 N–H and O–H groups in total. The largest absolute Gasteiger partial charge is 0.489 e. The lowest BCUT2D eigenvalue weighted by molar-refractivity contribution is 0.355. The quantitative estimate of drug-likeness (QED) is 0.718. The summed E-state index contributed by atoms with van der Waals surface area (Å²) in [6, 6.07) is 6.39. The van der Waals surface area contributed by atoms with Gasteiger partial charge in [-0.2, -0.15) is 0 Å². The maximum absolute atomic E-state index is 5.72. The first-order valence-corrected chi connectivity index (χ1v) is 6.07. The van der Waals surface area contributed by atoms with Crippen molar-refractivity contribution in [3.63, 3.8) is 0 Å². The number of fused-ring (bicyclic) bond motifs is 1. The minimum atomic E-state index is 0.541. The molecule has 16 heavy (non-hydrogen) atoms. The molecule has 1 aliphatic rings. The van der Waals surface area contributed by atoms with Crippen LogP contribution in [0.4, 0.5) is 0 Å². The van der Waals surface area contributed by atoms with Crippen molar-refractivity contribution in [2.24, 2.45) is 5.92 Å². The minimum Gasteiger partial charge on any atom is -0.489 e. The van der Waals surface area contributed by atoms with Gasteiger partial charge in [0.15, 0.2) is 0 Å². The molecule has 0 saturated carbocycles. The minimum absolute atomic E-state index is 0.541. The maximum atomic E-state index is 5.72. The van der Waals surface area contributed by atoms with Crippen LogP contribution in [0.2, 0.25) is 0 Å². The third-order valence-electron chi connectivity index (χ3n) is 3.13. The van der Waals surface area contributed by atoms with Crippen LogP contribution in [0.1, 0.15) is 44.7 Å². The van der Waals surface area contributed by atoms with Gasteiger partial charge in [0.1, 0.15) is 12.4 Å². The Hall–Kier alpha value is -1.24. The van der Waals surface area contributed by atoms with E-state index in [-0.39, 0.29) is 0 Å². The highest BCUT2D eigenvalue weighted by Crippen LogP contribution is 2.39. The molecule has 1 aromatic carbocycles. The van der Waals surface area contributed by atoms with Crippen LogP contribution < -0.4 is 4.74 Å². The van der Waals surface area contributed by atoms with Gasteiger partial charge < -0.3 is 4.74 Å². The molecule has 1 heteroatoms. The van der Waals surface area contributed by atoms with E-state index in [1.807, 2.05) is 0 Å². The summed E-state index contributed by atoms with van der Waals surface area (Å²) >= 11 is 0. The second-order valence-corrected chi connectivity index (χ2v) is 5.00. The molecule has 0 bridgehead atoms. The molecule has 0 radical (unpaired) electrons. The Morgan fingerprint density at radius 1 is 1.06 bits per heavy atom. The first kappa shape index (κ1) is 11.3. The lowest BCUT2D eigenvalue weighted by Crippen LogP contribution is -2.10. The number of benzene rings is 1. The Bertz CT molecular complexity index is 413. The molecule has 86 valence electrons. The van der Waals surface area contributed by atoms with Crippen LogP contribution in [0.5, 0.6) is 5.75 Å². The number of hydrogen-bond acceptors (Lipinski definition) is 1. The Labute approximate surface area is 98.1 Å². The van der Waals surface area contributed by atoms with Crippen molar-refractivity contribution in [2.75, 3.05) is 6.61 Å². The molecule has 0 unspecified atom stereocenters. The van der Waals surface area contributed by atoms with E-state index in [0.717, 1.165) is 5.75 Å². The second kappa shape index (κ2) is 4.32. The molecule has 0 spiro atoms. The molecule has 0 aromatic heterocycles. The van der Waals surface area contributed by atoms with Crippen LogP contribution in [0.15, 0.2) is 24.3 Å². The highest BCUT2D eigenvalue weighted by molar-refractivity contribution is 5.76. The average molecular weight is 216 g/mol. The molecule has 1 aliphatic heterocycles. The molecular weight excluding hydrogens is 196 g/mol. The molecular formula is C15H20O. The number of rotatable bonds is 2. The normalized spacial score (nSPS) is 14.8. The van der Waals surface area contributed by atoms with Gasteiger partial charge in [0.2, 0.25) is 0 Å². The fourth-order valence-corrected chi connectivity index (χ4v) is 2.31. The summed E-state index contributed by atoms with van der Waals surface area (Å²) in [7, 11) is 0. The zero-order valence-electron chi connectivity index (χ0n) is 10.6. The predicted molar refractivity (Wildman–Crippen MR) is 68.8 cm³/mol. The van der Waals surface area contributed by atoms with Crippen LogP contribution in [0.3, 0.4) is 0 Å². The molecule has 1 heterocycles.